The number of nitrogens with one attached hydrogen (secondary N) is 2. The molecule has 0 aromatic heterocycles. The molecule has 7 heteroatoms. The summed E-state index contributed by atoms with van der Waals surface area (Å²) in [6.45, 7) is 12.7. The lowest BCUT2D eigenvalue weighted by Gasteiger charge is -2.26. The fourth-order valence-corrected chi connectivity index (χ4v) is 3.13. The maximum atomic E-state index is 5.95. The van der Waals surface area contributed by atoms with E-state index in [0.29, 0.717) is 12.6 Å². The summed E-state index contributed by atoms with van der Waals surface area (Å²) < 4.78 is 11.3. The minimum absolute atomic E-state index is 0. The number of morpholine rings is 1. The molecule has 1 aliphatic rings. The molecule has 0 radical (unpaired) electrons. The Morgan fingerprint density at radius 1 is 1.21 bits per heavy atom. The van der Waals surface area contributed by atoms with E-state index in [1.807, 2.05) is 19.2 Å². The highest BCUT2D eigenvalue weighted by atomic mass is 127. The summed E-state index contributed by atoms with van der Waals surface area (Å²) in [7, 11) is 1.82. The lowest BCUT2D eigenvalue weighted by Crippen LogP contribution is -2.41. The molecule has 0 saturated carbocycles. The van der Waals surface area contributed by atoms with Crippen LogP contribution < -0.4 is 15.4 Å². The molecule has 166 valence electrons. The molecule has 1 saturated heterocycles. The van der Waals surface area contributed by atoms with Gasteiger partial charge in [0.05, 0.1) is 13.2 Å². The lowest BCUT2D eigenvalue weighted by atomic mass is 10.0. The van der Waals surface area contributed by atoms with Gasteiger partial charge in [-0.2, -0.15) is 0 Å². The Labute approximate surface area is 193 Å². The van der Waals surface area contributed by atoms with Crippen LogP contribution in [0.5, 0.6) is 5.75 Å². The summed E-state index contributed by atoms with van der Waals surface area (Å²) in [6, 6.07) is 8.68. The van der Waals surface area contributed by atoms with Crippen molar-refractivity contribution in [3.63, 3.8) is 0 Å². The quantitative estimate of drug-likeness (QED) is 0.282. The number of halogens is 1. The first-order valence-electron chi connectivity index (χ1n) is 10.6. The number of hydrogen-bond donors (Lipinski definition) is 2. The van der Waals surface area contributed by atoms with Gasteiger partial charge in [-0.25, -0.2) is 0 Å². The fraction of sp³-hybridized carbons (Fsp3) is 0.682. The van der Waals surface area contributed by atoms with Crippen LogP contribution in [0.15, 0.2) is 29.3 Å². The van der Waals surface area contributed by atoms with Crippen molar-refractivity contribution in [2.24, 2.45) is 10.9 Å². The van der Waals surface area contributed by atoms with Gasteiger partial charge in [-0.15, -0.1) is 24.0 Å². The molecule has 6 nitrogen and oxygen atoms in total. The highest BCUT2D eigenvalue weighted by Crippen LogP contribution is 2.13. The van der Waals surface area contributed by atoms with E-state index in [-0.39, 0.29) is 24.0 Å². The van der Waals surface area contributed by atoms with E-state index < -0.39 is 0 Å². The number of hydrogen-bond acceptors (Lipinski definition) is 4. The van der Waals surface area contributed by atoms with E-state index in [0.717, 1.165) is 63.4 Å². The zero-order valence-electron chi connectivity index (χ0n) is 18.4. The molecule has 0 bridgehead atoms. The van der Waals surface area contributed by atoms with Crippen LogP contribution in [0.25, 0.3) is 0 Å². The predicted octanol–water partition coefficient (Wildman–Crippen LogP) is 3.51. The molecule has 1 atom stereocenters. The Bertz CT molecular complexity index is 592. The van der Waals surface area contributed by atoms with E-state index in [4.69, 9.17) is 9.47 Å². The van der Waals surface area contributed by atoms with Crippen molar-refractivity contribution in [3.8, 4) is 5.75 Å². The summed E-state index contributed by atoms with van der Waals surface area (Å²) >= 11 is 0. The molecule has 2 rings (SSSR count). The smallest absolute Gasteiger partial charge is 0.191 e. The van der Waals surface area contributed by atoms with E-state index in [1.165, 1.54) is 12.0 Å². The summed E-state index contributed by atoms with van der Waals surface area (Å²) in [5.41, 5.74) is 1.18. The van der Waals surface area contributed by atoms with Gasteiger partial charge in [-0.05, 0) is 43.4 Å². The first-order chi connectivity index (χ1) is 13.6. The Hall–Kier alpha value is -1.06. The molecule has 0 aliphatic carbocycles. The Morgan fingerprint density at radius 2 is 1.97 bits per heavy atom. The van der Waals surface area contributed by atoms with Crippen LogP contribution in [0.1, 0.15) is 39.2 Å². The molecular formula is C22H39IN4O2. The maximum absolute atomic E-state index is 5.95. The van der Waals surface area contributed by atoms with Gasteiger partial charge in [0.2, 0.25) is 0 Å². The van der Waals surface area contributed by atoms with Gasteiger partial charge in [-0.3, -0.25) is 9.89 Å². The van der Waals surface area contributed by atoms with Crippen LogP contribution in [0.4, 0.5) is 0 Å². The van der Waals surface area contributed by atoms with Crippen LogP contribution >= 0.6 is 24.0 Å². The molecular weight excluding hydrogens is 479 g/mol. The number of benzene rings is 1. The van der Waals surface area contributed by atoms with Crippen molar-refractivity contribution in [1.29, 1.82) is 0 Å². The van der Waals surface area contributed by atoms with Gasteiger partial charge < -0.3 is 20.1 Å². The highest BCUT2D eigenvalue weighted by Gasteiger charge is 2.10. The van der Waals surface area contributed by atoms with E-state index in [1.54, 1.807) is 0 Å². The molecule has 29 heavy (non-hydrogen) atoms. The second-order valence-corrected chi connectivity index (χ2v) is 7.89. The zero-order valence-corrected chi connectivity index (χ0v) is 20.8. The third kappa shape index (κ3) is 11.1. The van der Waals surface area contributed by atoms with Gasteiger partial charge in [0.15, 0.2) is 5.96 Å². The number of ether oxygens (including phenoxy) is 2. The van der Waals surface area contributed by atoms with Gasteiger partial charge in [0, 0.05) is 39.3 Å². The number of guanidine groups is 1. The zero-order chi connectivity index (χ0) is 20.2. The van der Waals surface area contributed by atoms with Gasteiger partial charge in [-0.1, -0.05) is 26.0 Å². The average Bonchev–Trinajstić information content (AvgIpc) is 2.70. The first-order valence-corrected chi connectivity index (χ1v) is 10.6. The summed E-state index contributed by atoms with van der Waals surface area (Å²) in [6.07, 6.45) is 2.36. The van der Waals surface area contributed by atoms with E-state index in [9.17, 15) is 0 Å². The van der Waals surface area contributed by atoms with E-state index >= 15 is 0 Å². The van der Waals surface area contributed by atoms with Gasteiger partial charge >= 0.3 is 0 Å². The standard InChI is InChI=1S/C22H38N4O2.HI/c1-18(2)8-9-19(3)25-22(23-4)24-17-20-6-5-7-21(16-20)28-15-12-26-10-13-27-14-11-26;/h5-7,16,18-19H,8-15,17H2,1-4H3,(H2,23,24,25);1H. The van der Waals surface area contributed by atoms with Crippen LogP contribution in [-0.4, -0.2) is 63.4 Å². The summed E-state index contributed by atoms with van der Waals surface area (Å²) in [4.78, 5) is 6.72. The van der Waals surface area contributed by atoms with Gasteiger partial charge in [0.25, 0.3) is 0 Å². The summed E-state index contributed by atoms with van der Waals surface area (Å²) in [5.74, 6) is 2.49. The average molecular weight is 518 g/mol. The van der Waals surface area contributed by atoms with Crippen LogP contribution in [0.3, 0.4) is 0 Å². The fourth-order valence-electron chi connectivity index (χ4n) is 3.13. The van der Waals surface area contributed by atoms with Crippen molar-refractivity contribution in [3.05, 3.63) is 29.8 Å². The van der Waals surface area contributed by atoms with Crippen LogP contribution in [-0.2, 0) is 11.3 Å². The largest absolute Gasteiger partial charge is 0.492 e. The molecule has 0 spiro atoms. The third-order valence-electron chi connectivity index (χ3n) is 4.92. The maximum Gasteiger partial charge on any atom is 0.191 e. The normalized spacial score (nSPS) is 16.2. The second-order valence-electron chi connectivity index (χ2n) is 7.89. The van der Waals surface area contributed by atoms with Crippen molar-refractivity contribution in [2.75, 3.05) is 46.5 Å². The van der Waals surface area contributed by atoms with E-state index in [2.05, 4.69) is 53.4 Å². The van der Waals surface area contributed by atoms with Crippen molar-refractivity contribution >= 4 is 29.9 Å². The Balaban J connectivity index is 0.00000420. The predicted molar refractivity (Wildman–Crippen MR) is 131 cm³/mol. The number of aliphatic imine (C=N–C) groups is 1. The topological polar surface area (TPSA) is 58.1 Å². The van der Waals surface area contributed by atoms with Gasteiger partial charge in [0.1, 0.15) is 12.4 Å². The van der Waals surface area contributed by atoms with Crippen LogP contribution in [0, 0.1) is 5.92 Å². The van der Waals surface area contributed by atoms with Crippen molar-refractivity contribution in [1.82, 2.24) is 15.5 Å². The molecule has 1 heterocycles. The number of nitrogens with zero attached hydrogens (tertiary/aromatic N) is 2. The highest BCUT2D eigenvalue weighted by molar-refractivity contribution is 14.0. The minimum atomic E-state index is 0. The molecule has 0 amide bonds. The third-order valence-corrected chi connectivity index (χ3v) is 4.92. The molecule has 1 unspecified atom stereocenters. The Kier molecular flexibility index (Phi) is 13.3. The Morgan fingerprint density at radius 3 is 2.66 bits per heavy atom. The first kappa shape index (κ1) is 26.0. The molecule has 1 aliphatic heterocycles. The molecule has 1 aromatic carbocycles. The van der Waals surface area contributed by atoms with Crippen molar-refractivity contribution in [2.45, 2.75) is 46.2 Å². The second kappa shape index (κ2) is 14.8. The molecule has 1 fully saturated rings. The number of rotatable bonds is 10. The lowest BCUT2D eigenvalue weighted by molar-refractivity contribution is 0.0322. The monoisotopic (exact) mass is 518 g/mol. The summed E-state index contributed by atoms with van der Waals surface area (Å²) in [5, 5.41) is 6.87. The SMILES string of the molecule is CN=C(NCc1cccc(OCCN2CCOCC2)c1)NC(C)CCC(C)C.I. The molecule has 1 aromatic rings. The van der Waals surface area contributed by atoms with Crippen molar-refractivity contribution < 1.29 is 9.47 Å². The molecule has 2 N–H and O–H groups in total. The van der Waals surface area contributed by atoms with Crippen LogP contribution in [0.2, 0.25) is 0 Å². The minimum Gasteiger partial charge on any atom is -0.492 e.